The lowest BCUT2D eigenvalue weighted by Gasteiger charge is -2.00. The van der Waals surface area contributed by atoms with Crippen molar-refractivity contribution in [3.63, 3.8) is 0 Å². The van der Waals surface area contributed by atoms with E-state index in [2.05, 4.69) is 20.5 Å². The van der Waals surface area contributed by atoms with Crippen molar-refractivity contribution < 1.29 is 4.79 Å². The second-order valence-electron chi connectivity index (χ2n) is 4.62. The molecule has 22 heavy (non-hydrogen) atoms. The number of hydrogen-bond acceptors (Lipinski definition) is 6. The molecule has 2 heterocycles. The van der Waals surface area contributed by atoms with Crippen LogP contribution in [-0.2, 0) is 6.42 Å². The second-order valence-corrected chi connectivity index (χ2v) is 6.75. The summed E-state index contributed by atoms with van der Waals surface area (Å²) in [6.45, 7) is 2.45. The van der Waals surface area contributed by atoms with Crippen molar-refractivity contribution in [3.05, 3.63) is 51.4 Å². The van der Waals surface area contributed by atoms with Crippen LogP contribution in [0.3, 0.4) is 0 Å². The maximum atomic E-state index is 12.1. The number of thiazole rings is 1. The van der Waals surface area contributed by atoms with Crippen LogP contribution in [-0.4, -0.2) is 27.6 Å². The molecule has 0 unspecified atom stereocenters. The topological polar surface area (TPSA) is 67.8 Å². The Morgan fingerprint density at radius 3 is 2.77 bits per heavy atom. The Morgan fingerprint density at radius 1 is 1.23 bits per heavy atom. The summed E-state index contributed by atoms with van der Waals surface area (Å²) in [6, 6.07) is 9.84. The lowest BCUT2D eigenvalue weighted by Crippen LogP contribution is -2.25. The van der Waals surface area contributed by atoms with Crippen LogP contribution in [0.5, 0.6) is 0 Å². The summed E-state index contributed by atoms with van der Waals surface area (Å²) >= 11 is 3.02. The number of nitrogens with zero attached hydrogens (tertiary/aromatic N) is 3. The third-order valence-electron chi connectivity index (χ3n) is 2.95. The zero-order chi connectivity index (χ0) is 15.4. The molecule has 0 aliphatic rings. The number of carbonyl (C=O) groups excluding carboxylic acids is 1. The van der Waals surface area contributed by atoms with Gasteiger partial charge >= 0.3 is 0 Å². The molecule has 1 amide bonds. The highest BCUT2D eigenvalue weighted by Gasteiger charge is 2.11. The van der Waals surface area contributed by atoms with E-state index in [1.54, 1.807) is 16.7 Å². The van der Waals surface area contributed by atoms with E-state index in [1.807, 2.05) is 37.3 Å². The van der Waals surface area contributed by atoms with Gasteiger partial charge in [-0.2, -0.15) is 0 Å². The molecule has 2 aromatic heterocycles. The van der Waals surface area contributed by atoms with Crippen molar-refractivity contribution in [3.8, 4) is 10.6 Å². The summed E-state index contributed by atoms with van der Waals surface area (Å²) in [7, 11) is 0. The van der Waals surface area contributed by atoms with Crippen LogP contribution >= 0.6 is 22.7 Å². The van der Waals surface area contributed by atoms with Gasteiger partial charge < -0.3 is 5.32 Å². The van der Waals surface area contributed by atoms with Gasteiger partial charge in [-0.15, -0.1) is 32.9 Å². The summed E-state index contributed by atoms with van der Waals surface area (Å²) < 4.78 is 0. The van der Waals surface area contributed by atoms with E-state index in [0.29, 0.717) is 18.7 Å². The van der Waals surface area contributed by atoms with E-state index in [4.69, 9.17) is 0 Å². The summed E-state index contributed by atoms with van der Waals surface area (Å²) in [5.41, 5.74) is 1.48. The van der Waals surface area contributed by atoms with E-state index in [1.165, 1.54) is 11.3 Å². The SMILES string of the molecule is Cc1nnc(CCNC(=O)c2csc(-c3ccccc3)n2)s1. The number of hydrogen-bond donors (Lipinski definition) is 1. The molecule has 0 saturated carbocycles. The van der Waals surface area contributed by atoms with Gasteiger partial charge in [-0.3, -0.25) is 4.79 Å². The normalized spacial score (nSPS) is 10.6. The third-order valence-corrected chi connectivity index (χ3v) is 4.74. The summed E-state index contributed by atoms with van der Waals surface area (Å²) in [5, 5.41) is 15.4. The van der Waals surface area contributed by atoms with Crippen molar-refractivity contribution in [2.75, 3.05) is 6.54 Å². The van der Waals surface area contributed by atoms with E-state index in [0.717, 1.165) is 20.6 Å². The maximum Gasteiger partial charge on any atom is 0.270 e. The number of nitrogens with one attached hydrogen (secondary N) is 1. The Labute approximate surface area is 136 Å². The molecule has 3 aromatic rings. The highest BCUT2D eigenvalue weighted by Crippen LogP contribution is 2.23. The van der Waals surface area contributed by atoms with Crippen LogP contribution < -0.4 is 5.32 Å². The highest BCUT2D eigenvalue weighted by molar-refractivity contribution is 7.13. The first kappa shape index (κ1) is 14.8. The summed E-state index contributed by atoms with van der Waals surface area (Å²) in [6.07, 6.45) is 0.687. The minimum atomic E-state index is -0.153. The number of aryl methyl sites for hydroxylation is 1. The number of aromatic nitrogens is 3. The van der Waals surface area contributed by atoms with Gasteiger partial charge in [0, 0.05) is 23.9 Å². The first-order valence-electron chi connectivity index (χ1n) is 6.80. The average Bonchev–Trinajstić information content (AvgIpc) is 3.17. The molecular formula is C15H14N4OS2. The fraction of sp³-hybridized carbons (Fsp3) is 0.200. The number of amides is 1. The van der Waals surface area contributed by atoms with Crippen LogP contribution in [0.2, 0.25) is 0 Å². The van der Waals surface area contributed by atoms with Gasteiger partial charge in [0.25, 0.3) is 5.91 Å². The van der Waals surface area contributed by atoms with Crippen molar-refractivity contribution in [2.45, 2.75) is 13.3 Å². The molecule has 112 valence electrons. The van der Waals surface area contributed by atoms with Crippen LogP contribution in [0.1, 0.15) is 20.5 Å². The first-order valence-corrected chi connectivity index (χ1v) is 8.50. The van der Waals surface area contributed by atoms with Gasteiger partial charge in [0.1, 0.15) is 20.7 Å². The minimum Gasteiger partial charge on any atom is -0.350 e. The van der Waals surface area contributed by atoms with Crippen LogP contribution in [0.25, 0.3) is 10.6 Å². The van der Waals surface area contributed by atoms with Crippen LogP contribution in [0.15, 0.2) is 35.7 Å². The zero-order valence-electron chi connectivity index (χ0n) is 11.9. The van der Waals surface area contributed by atoms with Crippen molar-refractivity contribution in [2.24, 2.45) is 0 Å². The molecule has 5 nitrogen and oxygen atoms in total. The molecule has 1 aromatic carbocycles. The largest absolute Gasteiger partial charge is 0.350 e. The fourth-order valence-corrected chi connectivity index (χ4v) is 3.42. The Balaban J connectivity index is 1.58. The van der Waals surface area contributed by atoms with Crippen molar-refractivity contribution in [1.82, 2.24) is 20.5 Å². The predicted octanol–water partition coefficient (Wildman–Crippen LogP) is 2.94. The molecule has 1 N–H and O–H groups in total. The standard InChI is InChI=1S/C15H14N4OS2/c1-10-18-19-13(22-10)7-8-16-14(20)12-9-21-15(17-12)11-5-3-2-4-6-11/h2-6,9H,7-8H2,1H3,(H,16,20). The quantitative estimate of drug-likeness (QED) is 0.781. The van der Waals surface area contributed by atoms with E-state index >= 15 is 0 Å². The van der Waals surface area contributed by atoms with Crippen molar-refractivity contribution in [1.29, 1.82) is 0 Å². The van der Waals surface area contributed by atoms with E-state index < -0.39 is 0 Å². The van der Waals surface area contributed by atoms with Gasteiger partial charge in [-0.25, -0.2) is 4.98 Å². The first-order chi connectivity index (χ1) is 10.7. The summed E-state index contributed by atoms with van der Waals surface area (Å²) in [4.78, 5) is 16.5. The smallest absolute Gasteiger partial charge is 0.270 e. The number of carbonyl (C=O) groups is 1. The average molecular weight is 330 g/mol. The monoisotopic (exact) mass is 330 g/mol. The molecule has 0 aliphatic heterocycles. The van der Waals surface area contributed by atoms with Gasteiger partial charge in [-0.1, -0.05) is 30.3 Å². The van der Waals surface area contributed by atoms with Crippen LogP contribution in [0.4, 0.5) is 0 Å². The molecule has 3 rings (SSSR count). The molecule has 0 bridgehead atoms. The third kappa shape index (κ3) is 3.55. The Kier molecular flexibility index (Phi) is 4.55. The number of rotatable bonds is 5. The fourth-order valence-electron chi connectivity index (χ4n) is 1.90. The molecule has 0 aliphatic carbocycles. The van der Waals surface area contributed by atoms with Crippen LogP contribution in [0, 0.1) is 6.92 Å². The lowest BCUT2D eigenvalue weighted by molar-refractivity contribution is 0.0950. The zero-order valence-corrected chi connectivity index (χ0v) is 13.6. The number of benzene rings is 1. The van der Waals surface area contributed by atoms with Gasteiger partial charge in [0.05, 0.1) is 0 Å². The summed E-state index contributed by atoms with van der Waals surface area (Å²) in [5.74, 6) is -0.153. The van der Waals surface area contributed by atoms with Gasteiger partial charge in [0.2, 0.25) is 0 Å². The molecule has 0 radical (unpaired) electrons. The Morgan fingerprint density at radius 2 is 2.05 bits per heavy atom. The second kappa shape index (κ2) is 6.76. The predicted molar refractivity (Wildman–Crippen MR) is 88.2 cm³/mol. The molecule has 0 spiro atoms. The maximum absolute atomic E-state index is 12.1. The molecular weight excluding hydrogens is 316 g/mol. The van der Waals surface area contributed by atoms with E-state index in [-0.39, 0.29) is 5.91 Å². The minimum absolute atomic E-state index is 0.153. The Bertz CT molecular complexity index is 767. The Hall–Kier alpha value is -2.12. The molecule has 0 fully saturated rings. The highest BCUT2D eigenvalue weighted by atomic mass is 32.1. The molecule has 0 atom stereocenters. The molecule has 7 heteroatoms. The van der Waals surface area contributed by atoms with E-state index in [9.17, 15) is 4.79 Å². The lowest BCUT2D eigenvalue weighted by atomic mass is 10.2. The van der Waals surface area contributed by atoms with Gasteiger partial charge in [-0.05, 0) is 6.92 Å². The van der Waals surface area contributed by atoms with Gasteiger partial charge in [0.15, 0.2) is 0 Å². The van der Waals surface area contributed by atoms with Crippen molar-refractivity contribution >= 4 is 28.6 Å². The molecule has 0 saturated heterocycles.